The van der Waals surface area contributed by atoms with Crippen molar-refractivity contribution < 1.29 is 23.4 Å². The zero-order valence-corrected chi connectivity index (χ0v) is 12.2. The zero-order valence-electron chi connectivity index (χ0n) is 12.2. The molecular formula is C15H20FNO4. The van der Waals surface area contributed by atoms with Crippen molar-refractivity contribution in [3.05, 3.63) is 30.1 Å². The number of rotatable bonds is 3. The van der Waals surface area contributed by atoms with Gasteiger partial charge in [0.25, 0.3) is 0 Å². The summed E-state index contributed by atoms with van der Waals surface area (Å²) in [6, 6.07) is 5.33. The van der Waals surface area contributed by atoms with Gasteiger partial charge >= 0.3 is 5.97 Å². The standard InChI is InChI=1S/C15H20FNO4/c1-10-7-13(21-12-5-3-11(16)4-6-12)8-19-9-14(17-2)15(18)20-10/h3-6,10,13-14,17H,7-9H2,1-2H3/t10?,13?,14-/m0/s1. The van der Waals surface area contributed by atoms with Crippen molar-refractivity contribution in [2.24, 2.45) is 0 Å². The van der Waals surface area contributed by atoms with Gasteiger partial charge in [-0.25, -0.2) is 4.39 Å². The predicted molar refractivity (Wildman–Crippen MR) is 74.7 cm³/mol. The van der Waals surface area contributed by atoms with Gasteiger partial charge < -0.3 is 19.5 Å². The Morgan fingerprint density at radius 3 is 2.67 bits per heavy atom. The number of likely N-dealkylation sites (N-methyl/N-ethyl adjacent to an activating group) is 1. The first-order valence-corrected chi connectivity index (χ1v) is 6.96. The summed E-state index contributed by atoms with van der Waals surface area (Å²) in [5, 5.41) is 2.86. The van der Waals surface area contributed by atoms with Gasteiger partial charge in [-0.3, -0.25) is 4.79 Å². The number of esters is 1. The topological polar surface area (TPSA) is 56.8 Å². The van der Waals surface area contributed by atoms with Crippen molar-refractivity contribution in [3.63, 3.8) is 0 Å². The Morgan fingerprint density at radius 1 is 1.29 bits per heavy atom. The molecular weight excluding hydrogens is 277 g/mol. The maximum absolute atomic E-state index is 12.9. The molecule has 1 aliphatic rings. The minimum atomic E-state index is -0.475. The second kappa shape index (κ2) is 7.38. The number of hydrogen-bond donors (Lipinski definition) is 1. The van der Waals surface area contributed by atoms with E-state index in [2.05, 4.69) is 5.32 Å². The average Bonchev–Trinajstić information content (AvgIpc) is 2.50. The Kier molecular flexibility index (Phi) is 5.52. The molecule has 1 N–H and O–H groups in total. The highest BCUT2D eigenvalue weighted by molar-refractivity contribution is 5.76. The van der Waals surface area contributed by atoms with Crippen LogP contribution in [0.5, 0.6) is 5.75 Å². The molecule has 0 radical (unpaired) electrons. The van der Waals surface area contributed by atoms with Crippen LogP contribution in [0.15, 0.2) is 24.3 Å². The van der Waals surface area contributed by atoms with E-state index in [9.17, 15) is 9.18 Å². The number of ether oxygens (including phenoxy) is 3. The Bertz CT molecular complexity index is 465. The maximum atomic E-state index is 12.9. The van der Waals surface area contributed by atoms with E-state index in [4.69, 9.17) is 14.2 Å². The highest BCUT2D eigenvalue weighted by Gasteiger charge is 2.26. The molecule has 0 aliphatic carbocycles. The SMILES string of the molecule is CN[C@H]1COCC(Oc2ccc(F)cc2)CC(C)OC1=O. The molecule has 0 amide bonds. The summed E-state index contributed by atoms with van der Waals surface area (Å²) in [7, 11) is 1.68. The fraction of sp³-hybridized carbons (Fsp3) is 0.533. The number of carbonyl (C=O) groups is 1. The van der Waals surface area contributed by atoms with Gasteiger partial charge in [-0.1, -0.05) is 0 Å². The van der Waals surface area contributed by atoms with E-state index < -0.39 is 6.04 Å². The summed E-state index contributed by atoms with van der Waals surface area (Å²) < 4.78 is 29.5. The minimum absolute atomic E-state index is 0.228. The van der Waals surface area contributed by atoms with Crippen molar-refractivity contribution in [2.45, 2.75) is 31.6 Å². The van der Waals surface area contributed by atoms with Crippen LogP contribution in [0.25, 0.3) is 0 Å². The molecule has 1 heterocycles. The predicted octanol–water partition coefficient (Wildman–Crippen LogP) is 1.51. The molecule has 1 saturated heterocycles. The van der Waals surface area contributed by atoms with Crippen LogP contribution in [0.4, 0.5) is 4.39 Å². The normalized spacial score (nSPS) is 27.2. The fourth-order valence-electron chi connectivity index (χ4n) is 2.14. The molecule has 2 unspecified atom stereocenters. The molecule has 6 heteroatoms. The molecule has 1 aliphatic heterocycles. The number of nitrogens with one attached hydrogen (secondary N) is 1. The number of hydrogen-bond acceptors (Lipinski definition) is 5. The third-order valence-electron chi connectivity index (χ3n) is 3.25. The Morgan fingerprint density at radius 2 is 2.00 bits per heavy atom. The first kappa shape index (κ1) is 15.7. The van der Waals surface area contributed by atoms with Gasteiger partial charge in [0, 0.05) is 6.42 Å². The number of halogens is 1. The second-order valence-corrected chi connectivity index (χ2v) is 5.06. The highest BCUT2D eigenvalue weighted by atomic mass is 19.1. The fourth-order valence-corrected chi connectivity index (χ4v) is 2.14. The van der Waals surface area contributed by atoms with Crippen molar-refractivity contribution in [2.75, 3.05) is 20.3 Å². The van der Waals surface area contributed by atoms with Crippen LogP contribution in [0.1, 0.15) is 13.3 Å². The van der Waals surface area contributed by atoms with E-state index in [1.165, 1.54) is 12.1 Å². The van der Waals surface area contributed by atoms with E-state index >= 15 is 0 Å². The summed E-state index contributed by atoms with van der Waals surface area (Å²) in [4.78, 5) is 11.8. The molecule has 1 fully saturated rings. The van der Waals surface area contributed by atoms with Crippen LogP contribution in [-0.4, -0.2) is 44.5 Å². The maximum Gasteiger partial charge on any atom is 0.325 e. The van der Waals surface area contributed by atoms with Gasteiger partial charge in [0.2, 0.25) is 0 Å². The van der Waals surface area contributed by atoms with Crippen LogP contribution in [0, 0.1) is 5.82 Å². The van der Waals surface area contributed by atoms with Gasteiger partial charge in [0.15, 0.2) is 0 Å². The van der Waals surface area contributed by atoms with E-state index in [1.807, 2.05) is 6.92 Å². The number of carbonyl (C=O) groups excluding carboxylic acids is 1. The van der Waals surface area contributed by atoms with Crippen LogP contribution < -0.4 is 10.1 Å². The molecule has 0 saturated carbocycles. The highest BCUT2D eigenvalue weighted by Crippen LogP contribution is 2.17. The Balaban J connectivity index is 1.99. The summed E-state index contributed by atoms with van der Waals surface area (Å²) in [5.74, 6) is -0.0763. The van der Waals surface area contributed by atoms with E-state index in [0.717, 1.165) is 0 Å². The lowest BCUT2D eigenvalue weighted by molar-refractivity contribution is -0.151. The van der Waals surface area contributed by atoms with E-state index in [-0.39, 0.29) is 30.6 Å². The largest absolute Gasteiger partial charge is 0.488 e. The lowest BCUT2D eigenvalue weighted by atomic mass is 10.2. The smallest absolute Gasteiger partial charge is 0.325 e. The van der Waals surface area contributed by atoms with Crippen LogP contribution in [-0.2, 0) is 14.3 Å². The zero-order chi connectivity index (χ0) is 15.2. The Hall–Kier alpha value is -1.66. The third kappa shape index (κ3) is 4.68. The molecule has 1 aromatic rings. The summed E-state index contributed by atoms with van der Waals surface area (Å²) in [6.45, 7) is 2.39. The lowest BCUT2D eigenvalue weighted by Gasteiger charge is -2.21. The van der Waals surface area contributed by atoms with Gasteiger partial charge in [0.1, 0.15) is 29.8 Å². The van der Waals surface area contributed by atoms with Gasteiger partial charge in [0.05, 0.1) is 13.2 Å². The molecule has 116 valence electrons. The molecule has 3 atom stereocenters. The first-order chi connectivity index (χ1) is 10.1. The van der Waals surface area contributed by atoms with Crippen LogP contribution >= 0.6 is 0 Å². The molecule has 1 aromatic carbocycles. The van der Waals surface area contributed by atoms with Gasteiger partial charge in [-0.05, 0) is 38.2 Å². The van der Waals surface area contributed by atoms with Gasteiger partial charge in [-0.2, -0.15) is 0 Å². The lowest BCUT2D eigenvalue weighted by Crippen LogP contribution is -2.40. The van der Waals surface area contributed by atoms with Gasteiger partial charge in [-0.15, -0.1) is 0 Å². The summed E-state index contributed by atoms with van der Waals surface area (Å²) in [6.07, 6.45) is -0.0196. The van der Waals surface area contributed by atoms with E-state index in [1.54, 1.807) is 19.2 Å². The van der Waals surface area contributed by atoms with E-state index in [0.29, 0.717) is 18.8 Å². The van der Waals surface area contributed by atoms with Crippen molar-refractivity contribution >= 4 is 5.97 Å². The molecule has 0 aromatic heterocycles. The van der Waals surface area contributed by atoms with Crippen molar-refractivity contribution in [1.82, 2.24) is 5.32 Å². The van der Waals surface area contributed by atoms with Crippen LogP contribution in [0.2, 0.25) is 0 Å². The molecule has 0 bridgehead atoms. The summed E-state index contributed by atoms with van der Waals surface area (Å²) in [5.41, 5.74) is 0. The average molecular weight is 297 g/mol. The molecule has 2 rings (SSSR count). The second-order valence-electron chi connectivity index (χ2n) is 5.06. The minimum Gasteiger partial charge on any atom is -0.488 e. The molecule has 5 nitrogen and oxygen atoms in total. The summed E-state index contributed by atoms with van der Waals surface area (Å²) >= 11 is 0. The van der Waals surface area contributed by atoms with Crippen LogP contribution in [0.3, 0.4) is 0 Å². The first-order valence-electron chi connectivity index (χ1n) is 6.96. The molecule has 0 spiro atoms. The van der Waals surface area contributed by atoms with Crippen molar-refractivity contribution in [3.8, 4) is 5.75 Å². The number of benzene rings is 1. The van der Waals surface area contributed by atoms with Crippen molar-refractivity contribution in [1.29, 1.82) is 0 Å². The number of cyclic esters (lactones) is 1. The third-order valence-corrected chi connectivity index (χ3v) is 3.25. The molecule has 21 heavy (non-hydrogen) atoms. The Labute approximate surface area is 123 Å². The quantitative estimate of drug-likeness (QED) is 0.857. The monoisotopic (exact) mass is 297 g/mol.